The summed E-state index contributed by atoms with van der Waals surface area (Å²) < 4.78 is 1.45. The molecule has 23 heavy (non-hydrogen) atoms. The summed E-state index contributed by atoms with van der Waals surface area (Å²) in [7, 11) is 1.65. The van der Waals surface area contributed by atoms with Gasteiger partial charge in [0.15, 0.2) is 6.29 Å². The largest absolute Gasteiger partial charge is 0.334 e. The van der Waals surface area contributed by atoms with Crippen molar-refractivity contribution in [2.24, 2.45) is 7.05 Å². The number of aldehydes is 1. The third-order valence-electron chi connectivity index (χ3n) is 3.30. The summed E-state index contributed by atoms with van der Waals surface area (Å²) in [5, 5.41) is 2.95. The van der Waals surface area contributed by atoms with Gasteiger partial charge in [-0.25, -0.2) is 4.98 Å². The molecule has 7 nitrogen and oxygen atoms in total. The Morgan fingerprint density at radius 3 is 2.74 bits per heavy atom. The molecule has 3 aromatic heterocycles. The maximum Gasteiger partial charge on any atom is 0.274 e. The number of hydrogen-bond acceptors (Lipinski definition) is 6. The molecule has 0 spiro atoms. The van der Waals surface area contributed by atoms with Gasteiger partial charge >= 0.3 is 0 Å². The lowest BCUT2D eigenvalue weighted by Crippen LogP contribution is -2.19. The molecule has 3 rings (SSSR count). The van der Waals surface area contributed by atoms with Crippen LogP contribution in [0.3, 0.4) is 0 Å². The average Bonchev–Trinajstić information content (AvgIpc) is 2.59. The van der Waals surface area contributed by atoms with Crippen LogP contribution in [-0.4, -0.2) is 25.8 Å². The van der Waals surface area contributed by atoms with E-state index in [2.05, 4.69) is 20.3 Å². The Morgan fingerprint density at radius 1 is 1.17 bits per heavy atom. The van der Waals surface area contributed by atoms with Crippen molar-refractivity contribution in [2.75, 3.05) is 5.32 Å². The number of pyridine rings is 2. The smallest absolute Gasteiger partial charge is 0.274 e. The molecule has 7 heteroatoms. The molecule has 0 radical (unpaired) electrons. The minimum Gasteiger partial charge on any atom is -0.334 e. The fourth-order valence-corrected chi connectivity index (χ4v) is 2.21. The molecule has 1 N–H and O–H groups in total. The first-order chi connectivity index (χ1) is 11.2. The van der Waals surface area contributed by atoms with Crippen LogP contribution >= 0.6 is 0 Å². The third-order valence-corrected chi connectivity index (χ3v) is 3.30. The second-order valence-corrected chi connectivity index (χ2v) is 4.85. The molecule has 0 amide bonds. The minimum atomic E-state index is -0.207. The van der Waals surface area contributed by atoms with E-state index in [1.54, 1.807) is 37.8 Å². The second kappa shape index (κ2) is 6.18. The fourth-order valence-electron chi connectivity index (χ4n) is 2.21. The maximum atomic E-state index is 12.3. The van der Waals surface area contributed by atoms with Crippen LogP contribution in [0.5, 0.6) is 0 Å². The van der Waals surface area contributed by atoms with Crippen LogP contribution in [0.2, 0.25) is 0 Å². The van der Waals surface area contributed by atoms with E-state index in [4.69, 9.17) is 0 Å². The van der Waals surface area contributed by atoms with Gasteiger partial charge < -0.3 is 9.88 Å². The van der Waals surface area contributed by atoms with E-state index in [1.807, 2.05) is 0 Å². The molecule has 0 unspecified atom stereocenters. The van der Waals surface area contributed by atoms with Crippen LogP contribution in [0.25, 0.3) is 11.1 Å². The van der Waals surface area contributed by atoms with Gasteiger partial charge in [-0.1, -0.05) is 0 Å². The molecular weight excluding hydrogens is 294 g/mol. The number of carbonyl (C=O) groups is 1. The minimum absolute atomic E-state index is 0.207. The molecule has 0 fully saturated rings. The Hall–Kier alpha value is -3.35. The number of anilines is 2. The zero-order valence-corrected chi connectivity index (χ0v) is 12.3. The summed E-state index contributed by atoms with van der Waals surface area (Å²) in [4.78, 5) is 35.5. The zero-order valence-electron chi connectivity index (χ0n) is 12.3. The highest BCUT2D eigenvalue weighted by molar-refractivity contribution is 5.87. The fraction of sp³-hybridized carbons (Fsp3) is 0.0625. The van der Waals surface area contributed by atoms with Crippen molar-refractivity contribution in [3.8, 4) is 11.1 Å². The van der Waals surface area contributed by atoms with Crippen LogP contribution in [0.4, 0.5) is 11.5 Å². The molecule has 3 heterocycles. The van der Waals surface area contributed by atoms with Gasteiger partial charge in [0.1, 0.15) is 11.5 Å². The van der Waals surface area contributed by atoms with Crippen molar-refractivity contribution in [3.05, 3.63) is 65.2 Å². The van der Waals surface area contributed by atoms with Gasteiger partial charge in [0.2, 0.25) is 0 Å². The van der Waals surface area contributed by atoms with Crippen LogP contribution in [0, 0.1) is 0 Å². The predicted molar refractivity (Wildman–Crippen MR) is 85.6 cm³/mol. The number of rotatable bonds is 4. The van der Waals surface area contributed by atoms with Crippen molar-refractivity contribution < 1.29 is 4.79 Å². The first-order valence-corrected chi connectivity index (χ1v) is 6.82. The van der Waals surface area contributed by atoms with E-state index in [1.165, 1.54) is 23.2 Å². The summed E-state index contributed by atoms with van der Waals surface area (Å²) in [5.74, 6) is 0.465. The first kappa shape index (κ1) is 14.6. The SMILES string of the molecule is Cn1cc(-c2ccncc2C=O)cc(Nc2cnccn2)c1=O. The normalized spacial score (nSPS) is 10.3. The van der Waals surface area contributed by atoms with Crippen molar-refractivity contribution in [3.63, 3.8) is 0 Å². The molecule has 0 aliphatic carbocycles. The standard InChI is InChI=1S/C16H13N5O2/c1-21-9-11(13-2-3-17-7-12(13)10-22)6-14(16(21)23)20-15-8-18-4-5-19-15/h2-10H,1H3,(H,19,20). The lowest BCUT2D eigenvalue weighted by atomic mass is 10.0. The second-order valence-electron chi connectivity index (χ2n) is 4.85. The number of aryl methyl sites for hydroxylation is 1. The molecule has 0 aliphatic rings. The molecule has 3 aromatic rings. The van der Waals surface area contributed by atoms with Crippen molar-refractivity contribution in [1.82, 2.24) is 19.5 Å². The number of nitrogens with zero attached hydrogens (tertiary/aromatic N) is 4. The topological polar surface area (TPSA) is 89.8 Å². The van der Waals surface area contributed by atoms with Crippen molar-refractivity contribution in [2.45, 2.75) is 0 Å². The molecule has 0 saturated carbocycles. The first-order valence-electron chi connectivity index (χ1n) is 6.82. The summed E-state index contributed by atoms with van der Waals surface area (Å²) >= 11 is 0. The van der Waals surface area contributed by atoms with E-state index in [9.17, 15) is 9.59 Å². The average molecular weight is 307 g/mol. The van der Waals surface area contributed by atoms with Gasteiger partial charge in [-0.05, 0) is 17.7 Å². The van der Waals surface area contributed by atoms with Gasteiger partial charge in [0, 0.05) is 49.2 Å². The maximum absolute atomic E-state index is 12.3. The van der Waals surface area contributed by atoms with Crippen molar-refractivity contribution in [1.29, 1.82) is 0 Å². The molecular formula is C16H13N5O2. The zero-order chi connectivity index (χ0) is 16.2. The van der Waals surface area contributed by atoms with E-state index in [0.717, 1.165) is 11.8 Å². The van der Waals surface area contributed by atoms with E-state index in [0.29, 0.717) is 22.6 Å². The van der Waals surface area contributed by atoms with E-state index in [-0.39, 0.29) is 5.56 Å². The molecule has 0 bridgehead atoms. The lowest BCUT2D eigenvalue weighted by Gasteiger charge is -2.11. The number of aromatic nitrogens is 4. The van der Waals surface area contributed by atoms with Crippen LogP contribution in [0.1, 0.15) is 10.4 Å². The third kappa shape index (κ3) is 2.98. The number of hydrogen-bond donors (Lipinski definition) is 1. The van der Waals surface area contributed by atoms with Crippen LogP contribution in [0.15, 0.2) is 54.1 Å². The molecule has 0 atom stereocenters. The number of nitrogens with one attached hydrogen (secondary N) is 1. The van der Waals surface area contributed by atoms with Gasteiger partial charge in [-0.3, -0.25) is 19.6 Å². The summed E-state index contributed by atoms with van der Waals surface area (Å²) in [6, 6.07) is 3.41. The highest BCUT2D eigenvalue weighted by Gasteiger charge is 2.10. The Kier molecular flexibility index (Phi) is 3.92. The summed E-state index contributed by atoms with van der Waals surface area (Å²) in [6.45, 7) is 0. The molecule has 0 saturated heterocycles. The quantitative estimate of drug-likeness (QED) is 0.739. The Bertz CT molecular complexity index is 906. The van der Waals surface area contributed by atoms with Gasteiger partial charge in [0.05, 0.1) is 6.20 Å². The highest BCUT2D eigenvalue weighted by Crippen LogP contribution is 2.23. The van der Waals surface area contributed by atoms with Crippen LogP contribution < -0.4 is 10.9 Å². The predicted octanol–water partition coefficient (Wildman–Crippen LogP) is 1.79. The van der Waals surface area contributed by atoms with Gasteiger partial charge in [-0.15, -0.1) is 0 Å². The highest BCUT2D eigenvalue weighted by atomic mass is 16.1. The Labute approximate surface area is 131 Å². The van der Waals surface area contributed by atoms with Gasteiger partial charge in [0.25, 0.3) is 5.56 Å². The lowest BCUT2D eigenvalue weighted by molar-refractivity contribution is 0.112. The monoisotopic (exact) mass is 307 g/mol. The van der Waals surface area contributed by atoms with E-state index >= 15 is 0 Å². The Balaban J connectivity index is 2.10. The van der Waals surface area contributed by atoms with Gasteiger partial charge in [-0.2, -0.15) is 0 Å². The van der Waals surface area contributed by atoms with Crippen molar-refractivity contribution >= 4 is 17.8 Å². The molecule has 0 aromatic carbocycles. The van der Waals surface area contributed by atoms with Crippen LogP contribution in [-0.2, 0) is 7.05 Å². The van der Waals surface area contributed by atoms with E-state index < -0.39 is 0 Å². The summed E-state index contributed by atoms with van der Waals surface area (Å²) in [5.41, 5.74) is 2.02. The Morgan fingerprint density at radius 2 is 2.00 bits per heavy atom. The molecule has 114 valence electrons. The number of carbonyl (C=O) groups excluding carboxylic acids is 1. The molecule has 0 aliphatic heterocycles. The summed E-state index contributed by atoms with van der Waals surface area (Å²) in [6.07, 6.45) is 10.1.